The number of hydrogen-bond acceptors (Lipinski definition) is 3. The van der Waals surface area contributed by atoms with Crippen LogP contribution >= 0.6 is 15.9 Å². The first kappa shape index (κ1) is 13.0. The van der Waals surface area contributed by atoms with Crippen molar-refractivity contribution in [2.75, 3.05) is 0 Å². The Morgan fingerprint density at radius 3 is 2.94 bits per heavy atom. The van der Waals surface area contributed by atoms with Crippen molar-refractivity contribution in [1.82, 2.24) is 10.4 Å². The highest BCUT2D eigenvalue weighted by Gasteiger charge is 2.14. The lowest BCUT2D eigenvalue weighted by atomic mass is 10.1. The van der Waals surface area contributed by atoms with Gasteiger partial charge in [0.15, 0.2) is 0 Å². The molecule has 16 heavy (non-hydrogen) atoms. The number of hydrazine groups is 2. The molecule has 0 heterocycles. The monoisotopic (exact) mass is 286 g/mol. The van der Waals surface area contributed by atoms with Crippen molar-refractivity contribution in [3.63, 3.8) is 0 Å². The lowest BCUT2D eigenvalue weighted by Gasteiger charge is -2.20. The van der Waals surface area contributed by atoms with Crippen LogP contribution in [0, 0.1) is 0 Å². The summed E-state index contributed by atoms with van der Waals surface area (Å²) < 4.78 is 1.08. The standard InChI is InChI=1S/C10H15BrN4O/c1-7-6-8(11)4-2-3-5-9(7)15(13)10(16)14-12/h3-5H,2,6,12-13H2,1H3,(H,14,16)/b5-3-,8-4+,9-7+. The number of halogens is 1. The van der Waals surface area contributed by atoms with E-state index in [9.17, 15) is 4.79 Å². The normalized spacial score (nSPS) is 26.1. The van der Waals surface area contributed by atoms with Crippen LogP contribution < -0.4 is 17.1 Å². The van der Waals surface area contributed by atoms with E-state index >= 15 is 0 Å². The molecule has 0 bridgehead atoms. The summed E-state index contributed by atoms with van der Waals surface area (Å²) in [6.45, 7) is 1.92. The smallest absolute Gasteiger partial charge is 0.274 e. The minimum Gasteiger partial charge on any atom is -0.274 e. The molecular weight excluding hydrogens is 272 g/mol. The first-order valence-electron chi connectivity index (χ1n) is 4.82. The molecule has 0 atom stereocenters. The van der Waals surface area contributed by atoms with Gasteiger partial charge in [0.25, 0.3) is 0 Å². The molecule has 2 amide bonds. The highest BCUT2D eigenvalue weighted by Crippen LogP contribution is 2.23. The predicted octanol–water partition coefficient (Wildman–Crippen LogP) is 1.65. The van der Waals surface area contributed by atoms with Crippen LogP contribution in [0.25, 0.3) is 0 Å². The Kier molecular flexibility index (Phi) is 4.72. The lowest BCUT2D eigenvalue weighted by Crippen LogP contribution is -2.46. The Balaban J connectivity index is 3.00. The van der Waals surface area contributed by atoms with Crippen LogP contribution in [0.2, 0.25) is 0 Å². The van der Waals surface area contributed by atoms with E-state index in [0.717, 1.165) is 27.9 Å². The first-order valence-corrected chi connectivity index (χ1v) is 5.61. The third kappa shape index (κ3) is 3.19. The van der Waals surface area contributed by atoms with Crippen molar-refractivity contribution in [1.29, 1.82) is 0 Å². The second-order valence-electron chi connectivity index (χ2n) is 3.45. The number of nitrogens with one attached hydrogen (secondary N) is 1. The Hall–Kier alpha value is -1.11. The van der Waals surface area contributed by atoms with Crippen molar-refractivity contribution in [3.8, 4) is 0 Å². The number of allylic oxidation sites excluding steroid dienone is 5. The zero-order valence-corrected chi connectivity index (χ0v) is 10.6. The largest absolute Gasteiger partial charge is 0.350 e. The molecule has 1 aliphatic carbocycles. The fourth-order valence-corrected chi connectivity index (χ4v) is 2.01. The van der Waals surface area contributed by atoms with Gasteiger partial charge in [-0.2, -0.15) is 0 Å². The van der Waals surface area contributed by atoms with E-state index in [1.165, 1.54) is 0 Å². The van der Waals surface area contributed by atoms with Gasteiger partial charge in [-0.15, -0.1) is 0 Å². The van der Waals surface area contributed by atoms with E-state index in [4.69, 9.17) is 11.7 Å². The van der Waals surface area contributed by atoms with Crippen molar-refractivity contribution in [2.24, 2.45) is 11.7 Å². The first-order chi connectivity index (χ1) is 7.56. The molecule has 5 nitrogen and oxygen atoms in total. The third-order valence-electron chi connectivity index (χ3n) is 2.22. The number of urea groups is 1. The molecule has 6 heteroatoms. The molecule has 5 N–H and O–H groups in total. The van der Waals surface area contributed by atoms with Gasteiger partial charge in [-0.05, 0) is 29.5 Å². The molecule has 0 fully saturated rings. The van der Waals surface area contributed by atoms with E-state index in [0.29, 0.717) is 5.70 Å². The molecule has 0 unspecified atom stereocenters. The Morgan fingerprint density at radius 2 is 2.31 bits per heavy atom. The maximum atomic E-state index is 11.3. The van der Waals surface area contributed by atoms with Gasteiger partial charge in [0.05, 0.1) is 5.70 Å². The maximum Gasteiger partial charge on any atom is 0.350 e. The number of amides is 2. The SMILES string of the molecule is C/C1=C(N(N)C(=O)NN)/C=C\C/C=C(/Br)C1. The van der Waals surface area contributed by atoms with Crippen LogP contribution in [0.4, 0.5) is 4.79 Å². The Morgan fingerprint density at radius 1 is 1.62 bits per heavy atom. The molecule has 0 aromatic rings. The minimum absolute atomic E-state index is 0.542. The highest BCUT2D eigenvalue weighted by molar-refractivity contribution is 9.11. The minimum atomic E-state index is -0.542. The Bertz CT molecular complexity index is 373. The molecule has 1 rings (SSSR count). The molecule has 0 saturated carbocycles. The van der Waals surface area contributed by atoms with E-state index in [-0.39, 0.29) is 0 Å². The van der Waals surface area contributed by atoms with Crippen molar-refractivity contribution >= 4 is 22.0 Å². The van der Waals surface area contributed by atoms with Gasteiger partial charge in [-0.25, -0.2) is 21.5 Å². The van der Waals surface area contributed by atoms with Crippen LogP contribution in [-0.4, -0.2) is 11.0 Å². The second-order valence-corrected chi connectivity index (χ2v) is 4.47. The molecule has 88 valence electrons. The number of hydrogen-bond donors (Lipinski definition) is 3. The van der Waals surface area contributed by atoms with Crippen molar-refractivity contribution in [2.45, 2.75) is 19.8 Å². The summed E-state index contributed by atoms with van der Waals surface area (Å²) >= 11 is 3.45. The average Bonchev–Trinajstić information content (AvgIpc) is 2.24. The lowest BCUT2D eigenvalue weighted by molar-refractivity contribution is 0.213. The van der Waals surface area contributed by atoms with Crippen LogP contribution in [0.1, 0.15) is 19.8 Å². The molecule has 0 aromatic carbocycles. The number of carbonyl (C=O) groups excluding carboxylic acids is 1. The molecule has 1 aliphatic rings. The van der Waals surface area contributed by atoms with Gasteiger partial charge in [-0.1, -0.05) is 28.1 Å². The molecule has 0 saturated heterocycles. The van der Waals surface area contributed by atoms with E-state index in [1.54, 1.807) is 0 Å². The number of nitrogens with zero attached hydrogens (tertiary/aromatic N) is 1. The number of nitrogens with two attached hydrogens (primary N) is 2. The molecule has 0 aromatic heterocycles. The molecule has 0 spiro atoms. The maximum absolute atomic E-state index is 11.3. The fraction of sp³-hybridized carbons (Fsp3) is 0.300. The van der Waals surface area contributed by atoms with Gasteiger partial charge < -0.3 is 0 Å². The van der Waals surface area contributed by atoms with E-state index in [1.807, 2.05) is 24.5 Å². The van der Waals surface area contributed by atoms with Crippen LogP contribution in [0.5, 0.6) is 0 Å². The zero-order chi connectivity index (χ0) is 12.1. The predicted molar refractivity (Wildman–Crippen MR) is 66.8 cm³/mol. The summed E-state index contributed by atoms with van der Waals surface area (Å²) in [4.78, 5) is 11.3. The van der Waals surface area contributed by atoms with Gasteiger partial charge in [0.2, 0.25) is 0 Å². The van der Waals surface area contributed by atoms with Crippen LogP contribution in [0.3, 0.4) is 0 Å². The number of carbonyl (C=O) groups is 1. The summed E-state index contributed by atoms with van der Waals surface area (Å²) in [6, 6.07) is -0.542. The van der Waals surface area contributed by atoms with Gasteiger partial charge in [0.1, 0.15) is 0 Å². The highest BCUT2D eigenvalue weighted by atomic mass is 79.9. The van der Waals surface area contributed by atoms with Crippen LogP contribution in [-0.2, 0) is 0 Å². The van der Waals surface area contributed by atoms with Gasteiger partial charge in [0, 0.05) is 6.42 Å². The summed E-state index contributed by atoms with van der Waals surface area (Å²) in [6.07, 6.45) is 7.35. The molecular formula is C10H15BrN4O. The zero-order valence-electron chi connectivity index (χ0n) is 9.03. The van der Waals surface area contributed by atoms with Crippen molar-refractivity contribution < 1.29 is 4.79 Å². The summed E-state index contributed by atoms with van der Waals surface area (Å²) in [5, 5.41) is 1.01. The van der Waals surface area contributed by atoms with Crippen LogP contribution in [0.15, 0.2) is 34.0 Å². The summed E-state index contributed by atoms with van der Waals surface area (Å²) in [7, 11) is 0. The quantitative estimate of drug-likeness (QED) is 0.389. The third-order valence-corrected chi connectivity index (χ3v) is 2.83. The Labute approximate surface area is 103 Å². The fourth-order valence-electron chi connectivity index (χ4n) is 1.40. The topological polar surface area (TPSA) is 84.4 Å². The number of rotatable bonds is 1. The van der Waals surface area contributed by atoms with Gasteiger partial charge in [-0.3, -0.25) is 5.43 Å². The summed E-state index contributed by atoms with van der Waals surface area (Å²) in [5.74, 6) is 10.7. The summed E-state index contributed by atoms with van der Waals surface area (Å²) in [5.41, 5.74) is 3.65. The molecule has 0 radical (unpaired) electrons. The van der Waals surface area contributed by atoms with Crippen molar-refractivity contribution in [3.05, 3.63) is 34.0 Å². The van der Waals surface area contributed by atoms with E-state index in [2.05, 4.69) is 22.0 Å². The second kappa shape index (κ2) is 5.83. The average molecular weight is 287 g/mol. The van der Waals surface area contributed by atoms with E-state index < -0.39 is 6.03 Å². The van der Waals surface area contributed by atoms with Gasteiger partial charge >= 0.3 is 6.03 Å². The molecule has 0 aliphatic heterocycles.